The van der Waals surface area contributed by atoms with Gasteiger partial charge in [-0.3, -0.25) is 9.69 Å². The van der Waals surface area contributed by atoms with E-state index >= 15 is 0 Å². The van der Waals surface area contributed by atoms with Gasteiger partial charge in [-0.15, -0.1) is 0 Å². The van der Waals surface area contributed by atoms with E-state index in [4.69, 9.17) is 5.11 Å². The van der Waals surface area contributed by atoms with Gasteiger partial charge in [-0.05, 0) is 26.3 Å². The summed E-state index contributed by atoms with van der Waals surface area (Å²) in [7, 11) is 2.01. The quantitative estimate of drug-likeness (QED) is 0.646. The molecule has 1 spiro atoms. The highest BCUT2D eigenvalue weighted by atomic mass is 16.3. The summed E-state index contributed by atoms with van der Waals surface area (Å²) in [5, 5.41) is 11.6. The third-order valence-corrected chi connectivity index (χ3v) is 3.63. The predicted octanol–water partition coefficient (Wildman–Crippen LogP) is -0.615. The van der Waals surface area contributed by atoms with Crippen molar-refractivity contribution in [1.29, 1.82) is 0 Å². The second-order valence-electron chi connectivity index (χ2n) is 4.85. The number of nitrogens with zero attached hydrogens (tertiary/aromatic N) is 2. The topological polar surface area (TPSA) is 72.9 Å². The van der Waals surface area contributed by atoms with E-state index in [1.165, 1.54) is 4.90 Å². The van der Waals surface area contributed by atoms with Crippen LogP contribution in [0.2, 0.25) is 0 Å². The largest absolute Gasteiger partial charge is 0.396 e. The molecule has 96 valence electrons. The van der Waals surface area contributed by atoms with E-state index in [0.29, 0.717) is 25.8 Å². The minimum absolute atomic E-state index is 0.00715. The molecule has 0 aromatic heterocycles. The molecule has 2 heterocycles. The van der Waals surface area contributed by atoms with E-state index in [1.54, 1.807) is 0 Å². The molecule has 2 N–H and O–H groups in total. The van der Waals surface area contributed by atoms with E-state index < -0.39 is 5.54 Å². The summed E-state index contributed by atoms with van der Waals surface area (Å²) < 4.78 is 0. The third kappa shape index (κ3) is 2.14. The van der Waals surface area contributed by atoms with Crippen LogP contribution in [0.1, 0.15) is 19.3 Å². The Hall–Kier alpha value is -1.14. The number of aliphatic hydroxyl groups excluding tert-OH is 1. The molecule has 2 rings (SSSR count). The summed E-state index contributed by atoms with van der Waals surface area (Å²) in [5.74, 6) is -0.121. The van der Waals surface area contributed by atoms with Crippen LogP contribution in [0.15, 0.2) is 0 Å². The normalized spacial score (nSPS) is 24.5. The number of hydrogen-bond acceptors (Lipinski definition) is 4. The van der Waals surface area contributed by atoms with Crippen LogP contribution < -0.4 is 5.32 Å². The second kappa shape index (κ2) is 4.62. The van der Waals surface area contributed by atoms with Gasteiger partial charge in [-0.1, -0.05) is 0 Å². The zero-order valence-corrected chi connectivity index (χ0v) is 10.1. The number of urea groups is 1. The van der Waals surface area contributed by atoms with Crippen molar-refractivity contribution in [2.75, 3.05) is 33.3 Å². The first-order valence-corrected chi connectivity index (χ1v) is 6.02. The Labute approximate surface area is 101 Å². The van der Waals surface area contributed by atoms with Crippen LogP contribution in [0, 0.1) is 0 Å². The molecule has 0 atom stereocenters. The van der Waals surface area contributed by atoms with Crippen LogP contribution in [0.3, 0.4) is 0 Å². The first-order chi connectivity index (χ1) is 8.09. The molecule has 2 fully saturated rings. The fraction of sp³-hybridized carbons (Fsp3) is 0.818. The summed E-state index contributed by atoms with van der Waals surface area (Å²) in [6.07, 6.45) is 1.78. The molecule has 0 aliphatic carbocycles. The lowest BCUT2D eigenvalue weighted by molar-refractivity contribution is -0.132. The Morgan fingerprint density at radius 3 is 2.59 bits per heavy atom. The van der Waals surface area contributed by atoms with Crippen LogP contribution in [0.4, 0.5) is 4.79 Å². The molecule has 0 bridgehead atoms. The molecule has 0 saturated carbocycles. The van der Waals surface area contributed by atoms with Crippen LogP contribution in [0.5, 0.6) is 0 Å². The van der Waals surface area contributed by atoms with Crippen LogP contribution >= 0.6 is 0 Å². The number of carbonyl (C=O) groups is 2. The number of carbonyl (C=O) groups excluding carboxylic acids is 2. The molecule has 6 nitrogen and oxygen atoms in total. The van der Waals surface area contributed by atoms with Gasteiger partial charge in [0.15, 0.2) is 0 Å². The maximum Gasteiger partial charge on any atom is 0.325 e. The summed E-state index contributed by atoms with van der Waals surface area (Å²) >= 11 is 0. The van der Waals surface area contributed by atoms with Gasteiger partial charge < -0.3 is 15.3 Å². The summed E-state index contributed by atoms with van der Waals surface area (Å²) in [4.78, 5) is 27.4. The summed E-state index contributed by atoms with van der Waals surface area (Å²) in [6, 6.07) is -0.312. The molecule has 17 heavy (non-hydrogen) atoms. The Kier molecular flexibility index (Phi) is 3.35. The molecule has 2 aliphatic rings. The molecule has 0 aromatic rings. The average Bonchev–Trinajstić information content (AvgIpc) is 2.54. The number of imide groups is 1. The molecule has 2 saturated heterocycles. The van der Waals surface area contributed by atoms with E-state index in [-0.39, 0.29) is 18.5 Å². The van der Waals surface area contributed by atoms with E-state index in [0.717, 1.165) is 13.1 Å². The smallest absolute Gasteiger partial charge is 0.325 e. The number of nitrogens with one attached hydrogen (secondary N) is 1. The van der Waals surface area contributed by atoms with Gasteiger partial charge in [0.25, 0.3) is 5.91 Å². The average molecular weight is 241 g/mol. The first-order valence-electron chi connectivity index (χ1n) is 6.02. The number of rotatable bonds is 3. The molecule has 2 aliphatic heterocycles. The highest BCUT2D eigenvalue weighted by Crippen LogP contribution is 2.28. The van der Waals surface area contributed by atoms with Gasteiger partial charge in [0.1, 0.15) is 5.54 Å². The standard InChI is InChI=1S/C11H19N3O3/c1-13-6-3-11(4-7-13)9(16)14(5-2-8-15)10(17)12-11/h15H,2-8H2,1H3,(H,12,17). The minimum atomic E-state index is -0.681. The van der Waals surface area contributed by atoms with Crippen molar-refractivity contribution in [2.45, 2.75) is 24.8 Å². The first kappa shape index (κ1) is 12.3. The Balaban J connectivity index is 2.06. The lowest BCUT2D eigenvalue weighted by Crippen LogP contribution is -2.54. The van der Waals surface area contributed by atoms with Crippen molar-refractivity contribution in [2.24, 2.45) is 0 Å². The molecular formula is C11H19N3O3. The van der Waals surface area contributed by atoms with Crippen molar-refractivity contribution < 1.29 is 14.7 Å². The predicted molar refractivity (Wildman–Crippen MR) is 61.4 cm³/mol. The zero-order chi connectivity index (χ0) is 12.5. The molecular weight excluding hydrogens is 222 g/mol. The number of amides is 3. The SMILES string of the molecule is CN1CCC2(CC1)NC(=O)N(CCCO)C2=O. The fourth-order valence-corrected chi connectivity index (χ4v) is 2.45. The van der Waals surface area contributed by atoms with Gasteiger partial charge in [-0.25, -0.2) is 4.79 Å². The number of aliphatic hydroxyl groups is 1. The molecule has 0 aromatic carbocycles. The second-order valence-corrected chi connectivity index (χ2v) is 4.85. The maximum absolute atomic E-state index is 12.2. The van der Waals surface area contributed by atoms with Gasteiger partial charge in [0.05, 0.1) is 0 Å². The van der Waals surface area contributed by atoms with Crippen molar-refractivity contribution in [3.8, 4) is 0 Å². The Morgan fingerprint density at radius 1 is 1.35 bits per heavy atom. The van der Waals surface area contributed by atoms with E-state index in [2.05, 4.69) is 10.2 Å². The monoisotopic (exact) mass is 241 g/mol. The molecule has 0 radical (unpaired) electrons. The highest BCUT2D eigenvalue weighted by Gasteiger charge is 2.51. The van der Waals surface area contributed by atoms with Crippen molar-refractivity contribution in [3.63, 3.8) is 0 Å². The highest BCUT2D eigenvalue weighted by molar-refractivity contribution is 6.07. The van der Waals surface area contributed by atoms with Crippen LogP contribution in [-0.4, -0.2) is 65.7 Å². The Bertz CT molecular complexity index is 324. The fourth-order valence-electron chi connectivity index (χ4n) is 2.45. The van der Waals surface area contributed by atoms with E-state index in [1.807, 2.05) is 7.05 Å². The summed E-state index contributed by atoms with van der Waals surface area (Å²) in [6.45, 7) is 1.94. The van der Waals surface area contributed by atoms with Gasteiger partial charge in [-0.2, -0.15) is 0 Å². The van der Waals surface area contributed by atoms with Crippen molar-refractivity contribution >= 4 is 11.9 Å². The van der Waals surface area contributed by atoms with Gasteiger partial charge in [0, 0.05) is 26.2 Å². The van der Waals surface area contributed by atoms with Crippen molar-refractivity contribution in [3.05, 3.63) is 0 Å². The molecule has 6 heteroatoms. The minimum Gasteiger partial charge on any atom is -0.396 e. The zero-order valence-electron chi connectivity index (χ0n) is 10.1. The number of piperidine rings is 1. The maximum atomic E-state index is 12.2. The van der Waals surface area contributed by atoms with Gasteiger partial charge >= 0.3 is 6.03 Å². The Morgan fingerprint density at radius 2 is 2.00 bits per heavy atom. The van der Waals surface area contributed by atoms with E-state index in [9.17, 15) is 9.59 Å². The third-order valence-electron chi connectivity index (χ3n) is 3.63. The summed E-state index contributed by atoms with van der Waals surface area (Å²) in [5.41, 5.74) is -0.681. The molecule has 0 unspecified atom stereocenters. The van der Waals surface area contributed by atoms with Crippen molar-refractivity contribution in [1.82, 2.24) is 15.1 Å². The number of likely N-dealkylation sites (tertiary alicyclic amines) is 1. The lowest BCUT2D eigenvalue weighted by atomic mass is 9.88. The van der Waals surface area contributed by atoms with Crippen LogP contribution in [-0.2, 0) is 4.79 Å². The van der Waals surface area contributed by atoms with Crippen LogP contribution in [0.25, 0.3) is 0 Å². The number of hydrogen-bond donors (Lipinski definition) is 2. The molecule has 3 amide bonds. The van der Waals surface area contributed by atoms with Gasteiger partial charge in [0.2, 0.25) is 0 Å². The lowest BCUT2D eigenvalue weighted by Gasteiger charge is -2.35.